The fourth-order valence-electron chi connectivity index (χ4n) is 2.95. The Kier molecular flexibility index (Phi) is 6.63. The molecule has 0 bridgehead atoms. The van der Waals surface area contributed by atoms with Gasteiger partial charge in [0.05, 0.1) is 0 Å². The zero-order chi connectivity index (χ0) is 16.9. The molecular weight excluding hydrogens is 330 g/mol. The highest BCUT2D eigenvalue weighted by atomic mass is 35.5. The predicted molar refractivity (Wildman–Crippen MR) is 107 cm³/mol. The third kappa shape index (κ3) is 4.62. The Bertz CT molecular complexity index is 807. The smallest absolute Gasteiger partial charge is 0.125 e. The van der Waals surface area contributed by atoms with E-state index in [1.807, 2.05) is 18.2 Å². The van der Waals surface area contributed by atoms with Gasteiger partial charge in [0.15, 0.2) is 0 Å². The van der Waals surface area contributed by atoms with Crippen LogP contribution in [0.15, 0.2) is 66.7 Å². The molecule has 2 N–H and O–H groups in total. The summed E-state index contributed by atoms with van der Waals surface area (Å²) in [6.07, 6.45) is 0. The molecule has 0 amide bonds. The Morgan fingerprint density at radius 1 is 0.760 bits per heavy atom. The maximum absolute atomic E-state index is 6.07. The lowest BCUT2D eigenvalue weighted by atomic mass is 9.98. The van der Waals surface area contributed by atoms with Crippen LogP contribution in [0.1, 0.15) is 22.3 Å². The molecule has 0 heterocycles. The number of nitrogens with two attached hydrogens (primary N) is 1. The summed E-state index contributed by atoms with van der Waals surface area (Å²) in [6, 6.07) is 23.0. The van der Waals surface area contributed by atoms with E-state index in [0.717, 1.165) is 22.4 Å². The number of aryl methyl sites for hydroxylation is 2. The van der Waals surface area contributed by atoms with Gasteiger partial charge in [-0.15, -0.1) is 12.4 Å². The highest BCUT2D eigenvalue weighted by Crippen LogP contribution is 2.31. The summed E-state index contributed by atoms with van der Waals surface area (Å²) < 4.78 is 6.07. The number of halogens is 1. The van der Waals surface area contributed by atoms with Gasteiger partial charge in [-0.25, -0.2) is 0 Å². The van der Waals surface area contributed by atoms with E-state index in [4.69, 9.17) is 10.5 Å². The minimum atomic E-state index is 0. The van der Waals surface area contributed by atoms with E-state index in [0.29, 0.717) is 13.2 Å². The van der Waals surface area contributed by atoms with Gasteiger partial charge in [-0.1, -0.05) is 48.5 Å². The Morgan fingerprint density at radius 3 is 2.04 bits per heavy atom. The lowest BCUT2D eigenvalue weighted by molar-refractivity contribution is 0.302. The van der Waals surface area contributed by atoms with Crippen LogP contribution in [-0.4, -0.2) is 0 Å². The topological polar surface area (TPSA) is 35.2 Å². The lowest BCUT2D eigenvalue weighted by Crippen LogP contribution is -1.99. The van der Waals surface area contributed by atoms with Crippen molar-refractivity contribution < 1.29 is 4.74 Å². The summed E-state index contributed by atoms with van der Waals surface area (Å²) in [6.45, 7) is 5.35. The first-order chi connectivity index (χ1) is 11.7. The average molecular weight is 354 g/mol. The second-order valence-corrected chi connectivity index (χ2v) is 6.12. The Hall–Kier alpha value is -2.29. The van der Waals surface area contributed by atoms with E-state index in [1.54, 1.807) is 0 Å². The molecule has 0 radical (unpaired) electrons. The monoisotopic (exact) mass is 353 g/mol. The van der Waals surface area contributed by atoms with Crippen molar-refractivity contribution >= 4 is 12.4 Å². The van der Waals surface area contributed by atoms with Gasteiger partial charge >= 0.3 is 0 Å². The maximum atomic E-state index is 6.07. The van der Waals surface area contributed by atoms with Crippen LogP contribution in [-0.2, 0) is 13.2 Å². The molecule has 2 nitrogen and oxygen atoms in total. The fraction of sp³-hybridized carbons (Fsp3) is 0.182. The largest absolute Gasteiger partial charge is 0.488 e. The van der Waals surface area contributed by atoms with Crippen molar-refractivity contribution in [3.63, 3.8) is 0 Å². The molecule has 0 saturated heterocycles. The van der Waals surface area contributed by atoms with Gasteiger partial charge in [0.1, 0.15) is 12.4 Å². The quantitative estimate of drug-likeness (QED) is 0.663. The van der Waals surface area contributed by atoms with Crippen LogP contribution in [0.5, 0.6) is 5.75 Å². The molecular formula is C22H24ClNO. The first-order valence-electron chi connectivity index (χ1n) is 8.24. The molecule has 0 saturated carbocycles. The zero-order valence-electron chi connectivity index (χ0n) is 14.7. The van der Waals surface area contributed by atoms with E-state index in [2.05, 4.69) is 62.4 Å². The van der Waals surface area contributed by atoms with Crippen LogP contribution in [0.2, 0.25) is 0 Å². The maximum Gasteiger partial charge on any atom is 0.125 e. The molecule has 0 aliphatic carbocycles. The molecule has 3 aromatic rings. The Labute approximate surface area is 156 Å². The van der Waals surface area contributed by atoms with Crippen molar-refractivity contribution in [1.29, 1.82) is 0 Å². The van der Waals surface area contributed by atoms with Gasteiger partial charge in [0.2, 0.25) is 0 Å². The average Bonchev–Trinajstić information content (AvgIpc) is 2.62. The minimum Gasteiger partial charge on any atom is -0.488 e. The minimum absolute atomic E-state index is 0. The SMILES string of the molecule is Cc1cc(-c2cccc(CN)c2)cc(C)c1OCc1ccccc1.Cl. The van der Waals surface area contributed by atoms with Gasteiger partial charge < -0.3 is 10.5 Å². The summed E-state index contributed by atoms with van der Waals surface area (Å²) >= 11 is 0. The summed E-state index contributed by atoms with van der Waals surface area (Å²) in [5, 5.41) is 0. The molecule has 0 fully saturated rings. The van der Waals surface area contributed by atoms with Crippen LogP contribution in [0, 0.1) is 13.8 Å². The standard InChI is InChI=1S/C22H23NO.ClH/c1-16-11-21(20-10-6-9-19(13-20)14-23)12-17(2)22(16)24-15-18-7-4-3-5-8-18;/h3-13H,14-15,23H2,1-2H3;1H. The van der Waals surface area contributed by atoms with Crippen molar-refractivity contribution in [2.75, 3.05) is 0 Å². The zero-order valence-corrected chi connectivity index (χ0v) is 15.5. The molecule has 0 aliphatic heterocycles. The fourth-order valence-corrected chi connectivity index (χ4v) is 2.95. The van der Waals surface area contributed by atoms with Gasteiger partial charge in [0, 0.05) is 6.54 Å². The van der Waals surface area contributed by atoms with Crippen molar-refractivity contribution in [3.8, 4) is 16.9 Å². The highest BCUT2D eigenvalue weighted by molar-refractivity contribution is 5.85. The van der Waals surface area contributed by atoms with Crippen LogP contribution in [0.3, 0.4) is 0 Å². The third-order valence-electron chi connectivity index (χ3n) is 4.18. The van der Waals surface area contributed by atoms with Gasteiger partial charge in [-0.2, -0.15) is 0 Å². The van der Waals surface area contributed by atoms with Crippen LogP contribution < -0.4 is 10.5 Å². The van der Waals surface area contributed by atoms with Crippen molar-refractivity contribution in [2.24, 2.45) is 5.73 Å². The number of ether oxygens (including phenoxy) is 1. The molecule has 3 aromatic carbocycles. The van der Waals surface area contributed by atoms with Crippen molar-refractivity contribution in [3.05, 3.63) is 89.0 Å². The first-order valence-corrected chi connectivity index (χ1v) is 8.24. The molecule has 3 rings (SSSR count). The lowest BCUT2D eigenvalue weighted by Gasteiger charge is -2.15. The number of rotatable bonds is 5. The predicted octanol–water partition coefficient (Wildman–Crippen LogP) is 5.43. The second-order valence-electron chi connectivity index (χ2n) is 6.12. The second kappa shape index (κ2) is 8.70. The summed E-state index contributed by atoms with van der Waals surface area (Å²) in [7, 11) is 0. The normalized spacial score (nSPS) is 10.2. The third-order valence-corrected chi connectivity index (χ3v) is 4.18. The van der Waals surface area contributed by atoms with Crippen molar-refractivity contribution in [2.45, 2.75) is 27.0 Å². The number of benzene rings is 3. The summed E-state index contributed by atoms with van der Waals surface area (Å²) in [5.74, 6) is 0.970. The van der Waals surface area contributed by atoms with E-state index < -0.39 is 0 Å². The van der Waals surface area contributed by atoms with Crippen LogP contribution in [0.25, 0.3) is 11.1 Å². The van der Waals surface area contributed by atoms with E-state index >= 15 is 0 Å². The van der Waals surface area contributed by atoms with E-state index in [1.165, 1.54) is 16.7 Å². The number of hydrogen-bond donors (Lipinski definition) is 1. The summed E-state index contributed by atoms with van der Waals surface area (Å²) in [4.78, 5) is 0. The summed E-state index contributed by atoms with van der Waals surface area (Å²) in [5.41, 5.74) is 12.8. The molecule has 0 spiro atoms. The van der Waals surface area contributed by atoms with Crippen molar-refractivity contribution in [1.82, 2.24) is 0 Å². The van der Waals surface area contributed by atoms with Gasteiger partial charge in [-0.05, 0) is 65.4 Å². The van der Waals surface area contributed by atoms with E-state index in [-0.39, 0.29) is 12.4 Å². The number of hydrogen-bond acceptors (Lipinski definition) is 2. The molecule has 0 aliphatic rings. The van der Waals surface area contributed by atoms with Crippen LogP contribution in [0.4, 0.5) is 0 Å². The Morgan fingerprint density at radius 2 is 1.40 bits per heavy atom. The molecule has 0 unspecified atom stereocenters. The van der Waals surface area contributed by atoms with Gasteiger partial charge in [-0.3, -0.25) is 0 Å². The first kappa shape index (κ1) is 19.0. The highest BCUT2D eigenvalue weighted by Gasteiger charge is 2.08. The van der Waals surface area contributed by atoms with E-state index in [9.17, 15) is 0 Å². The van der Waals surface area contributed by atoms with Gasteiger partial charge in [0.25, 0.3) is 0 Å². The molecule has 0 aromatic heterocycles. The molecule has 130 valence electrons. The molecule has 3 heteroatoms. The Balaban J connectivity index is 0.00000225. The molecule has 0 atom stereocenters. The molecule has 25 heavy (non-hydrogen) atoms. The van der Waals surface area contributed by atoms with Crippen LogP contribution >= 0.6 is 12.4 Å².